The molecule has 1 fully saturated rings. The second-order valence-electron chi connectivity index (χ2n) is 10.6. The lowest BCUT2D eigenvalue weighted by atomic mass is 9.98. The summed E-state index contributed by atoms with van der Waals surface area (Å²) < 4.78 is 53.7. The van der Waals surface area contributed by atoms with Crippen molar-refractivity contribution < 1.29 is 32.2 Å². The molecule has 0 radical (unpaired) electrons. The Morgan fingerprint density at radius 2 is 1.69 bits per heavy atom. The maximum absolute atomic E-state index is 14.2. The molecule has 1 aliphatic rings. The highest BCUT2D eigenvalue weighted by atomic mass is 32.2. The van der Waals surface area contributed by atoms with Crippen molar-refractivity contribution in [3.63, 3.8) is 0 Å². The summed E-state index contributed by atoms with van der Waals surface area (Å²) in [5, 5.41) is 10.1. The Morgan fingerprint density at radius 1 is 1.00 bits per heavy atom. The number of hydrogen-bond donors (Lipinski definition) is 3. The van der Waals surface area contributed by atoms with Crippen LogP contribution in [-0.2, 0) is 14.8 Å². The van der Waals surface area contributed by atoms with Gasteiger partial charge in [0.05, 0.1) is 19.4 Å². The van der Waals surface area contributed by atoms with E-state index in [1.807, 2.05) is 24.3 Å². The van der Waals surface area contributed by atoms with Gasteiger partial charge >= 0.3 is 0 Å². The number of benzene rings is 3. The molecule has 0 atom stereocenters. The highest BCUT2D eigenvalue weighted by Gasteiger charge is 2.20. The molecule has 11 nitrogen and oxygen atoms in total. The second-order valence-corrected chi connectivity index (χ2v) is 12.2. The number of likely N-dealkylation sites (tertiary alicyclic amines) is 1. The topological polar surface area (TPSA) is 143 Å². The Bertz CT molecular complexity index is 1700. The monoisotopic (exact) mass is 637 g/mol. The number of methoxy groups -OCH3 is 1. The fourth-order valence-electron chi connectivity index (χ4n) is 4.77. The molecule has 0 amide bonds. The predicted octanol–water partition coefficient (Wildman–Crippen LogP) is 5.57. The number of hydrogen-bond acceptors (Lipinski definition) is 9. The van der Waals surface area contributed by atoms with E-state index in [1.165, 1.54) is 18.5 Å². The highest BCUT2D eigenvalue weighted by molar-refractivity contribution is 7.92. The van der Waals surface area contributed by atoms with E-state index >= 15 is 0 Å². The zero-order valence-electron chi connectivity index (χ0n) is 25.2. The molecule has 45 heavy (non-hydrogen) atoms. The smallest absolute Gasteiger partial charge is 0.290 e. The third kappa shape index (κ3) is 9.13. The fourth-order valence-corrected chi connectivity index (χ4v) is 5.89. The van der Waals surface area contributed by atoms with Gasteiger partial charge in [0, 0.05) is 23.0 Å². The average molecular weight is 638 g/mol. The van der Waals surface area contributed by atoms with Crippen molar-refractivity contribution in [1.29, 1.82) is 0 Å². The van der Waals surface area contributed by atoms with Gasteiger partial charge in [-0.1, -0.05) is 6.07 Å². The molecule has 238 valence electrons. The van der Waals surface area contributed by atoms with Gasteiger partial charge in [0.1, 0.15) is 22.9 Å². The number of ether oxygens (including phenoxy) is 2. The molecular weight excluding hydrogens is 601 g/mol. The van der Waals surface area contributed by atoms with E-state index in [4.69, 9.17) is 19.4 Å². The summed E-state index contributed by atoms with van der Waals surface area (Å²) in [6.07, 6.45) is 3.71. The minimum atomic E-state index is -4.08. The number of carboxylic acid groups (broad SMARTS) is 1. The van der Waals surface area contributed by atoms with Gasteiger partial charge in [-0.15, -0.1) is 0 Å². The van der Waals surface area contributed by atoms with Gasteiger partial charge in [-0.2, -0.15) is 0 Å². The van der Waals surface area contributed by atoms with Gasteiger partial charge in [0.25, 0.3) is 16.5 Å². The van der Waals surface area contributed by atoms with Crippen molar-refractivity contribution in [1.82, 2.24) is 14.9 Å². The van der Waals surface area contributed by atoms with E-state index in [-0.39, 0.29) is 6.47 Å². The molecule has 3 aromatic carbocycles. The lowest BCUT2D eigenvalue weighted by Gasteiger charge is -2.28. The van der Waals surface area contributed by atoms with Gasteiger partial charge < -0.3 is 24.8 Å². The third-order valence-corrected chi connectivity index (χ3v) is 8.64. The molecule has 2 heterocycles. The SMILES string of the molecule is COc1cc(-c2cc(Nc3ccc(NS(=O)(=O)c4ccc(C)cc4F)cc3)ncn2)ccc1OCC1CCN(C)CC1.O=CO. The molecule has 0 bridgehead atoms. The van der Waals surface area contributed by atoms with Gasteiger partial charge in [0.2, 0.25) is 0 Å². The van der Waals surface area contributed by atoms with Crippen molar-refractivity contribution in [2.75, 3.05) is 43.9 Å². The van der Waals surface area contributed by atoms with Crippen LogP contribution in [0.5, 0.6) is 11.5 Å². The highest BCUT2D eigenvalue weighted by Crippen LogP contribution is 2.33. The number of rotatable bonds is 10. The van der Waals surface area contributed by atoms with Crippen molar-refractivity contribution >= 4 is 33.7 Å². The quantitative estimate of drug-likeness (QED) is 0.189. The summed E-state index contributed by atoms with van der Waals surface area (Å²) in [6.45, 7) is 4.28. The Labute approximate surface area is 262 Å². The number of piperidine rings is 1. The number of nitrogens with zero attached hydrogens (tertiary/aromatic N) is 3. The van der Waals surface area contributed by atoms with Crippen LogP contribution in [0.2, 0.25) is 0 Å². The molecule has 13 heteroatoms. The van der Waals surface area contributed by atoms with Crippen molar-refractivity contribution in [2.24, 2.45) is 5.92 Å². The summed E-state index contributed by atoms with van der Waals surface area (Å²) >= 11 is 0. The molecular formula is C32H36FN5O6S. The number of carbonyl (C=O) groups is 1. The van der Waals surface area contributed by atoms with Crippen LogP contribution in [0.25, 0.3) is 11.3 Å². The van der Waals surface area contributed by atoms with Crippen LogP contribution in [0.15, 0.2) is 78.0 Å². The molecule has 0 spiro atoms. The maximum atomic E-state index is 14.2. The first-order valence-electron chi connectivity index (χ1n) is 14.2. The summed E-state index contributed by atoms with van der Waals surface area (Å²) in [4.78, 5) is 19.0. The Hall–Kier alpha value is -4.75. The minimum absolute atomic E-state index is 0.250. The number of halogens is 1. The molecule has 1 aliphatic heterocycles. The molecule has 0 aliphatic carbocycles. The molecule has 1 saturated heterocycles. The second kappa shape index (κ2) is 15.3. The standard InChI is InChI=1S/C31H34FN5O4S.CH2O2/c1-21-4-11-30(26(32)16-21)42(38,39)36-25-8-6-24(7-9-25)35-31-18-27(33-20-34-31)23-5-10-28(29(17-23)40-3)41-19-22-12-14-37(2)15-13-22;2-1-3/h4-11,16-18,20,22,36H,12-15,19H2,1-3H3,(H,33,34,35);1H,(H,2,3). The Kier molecular flexibility index (Phi) is 11.3. The number of aromatic nitrogens is 2. The van der Waals surface area contributed by atoms with E-state index in [2.05, 4.69) is 32.0 Å². The predicted molar refractivity (Wildman–Crippen MR) is 170 cm³/mol. The van der Waals surface area contributed by atoms with E-state index in [1.54, 1.807) is 44.4 Å². The summed E-state index contributed by atoms with van der Waals surface area (Å²) in [5.41, 5.74) is 3.15. The maximum Gasteiger partial charge on any atom is 0.290 e. The van der Waals surface area contributed by atoms with Gasteiger partial charge in [-0.3, -0.25) is 9.52 Å². The first-order valence-corrected chi connectivity index (χ1v) is 15.7. The largest absolute Gasteiger partial charge is 0.493 e. The zero-order chi connectivity index (χ0) is 32.4. The molecule has 0 saturated carbocycles. The minimum Gasteiger partial charge on any atom is -0.493 e. The van der Waals surface area contributed by atoms with Gasteiger partial charge in [-0.25, -0.2) is 22.8 Å². The first kappa shape index (κ1) is 33.1. The summed E-state index contributed by atoms with van der Waals surface area (Å²) in [6, 6.07) is 18.1. The van der Waals surface area contributed by atoms with E-state index in [9.17, 15) is 12.8 Å². The summed E-state index contributed by atoms with van der Waals surface area (Å²) in [5.74, 6) is 1.63. The average Bonchev–Trinajstić information content (AvgIpc) is 3.02. The molecule has 0 unspecified atom stereocenters. The fraction of sp³-hybridized carbons (Fsp3) is 0.281. The Balaban J connectivity index is 0.00000148. The lowest BCUT2D eigenvalue weighted by molar-refractivity contribution is -0.122. The van der Waals surface area contributed by atoms with Crippen LogP contribution >= 0.6 is 0 Å². The van der Waals surface area contributed by atoms with Crippen LogP contribution < -0.4 is 19.5 Å². The van der Waals surface area contributed by atoms with Crippen molar-refractivity contribution in [2.45, 2.75) is 24.7 Å². The molecule has 4 aromatic rings. The van der Waals surface area contributed by atoms with E-state index in [0.29, 0.717) is 52.5 Å². The lowest BCUT2D eigenvalue weighted by Crippen LogP contribution is -2.32. The number of aryl methyl sites for hydroxylation is 1. The van der Waals surface area contributed by atoms with Crippen LogP contribution in [0.4, 0.5) is 21.6 Å². The molecule has 5 rings (SSSR count). The number of sulfonamides is 1. The molecule has 3 N–H and O–H groups in total. The summed E-state index contributed by atoms with van der Waals surface area (Å²) in [7, 11) is -0.309. The van der Waals surface area contributed by atoms with E-state index in [0.717, 1.165) is 31.5 Å². The normalized spacial score (nSPS) is 13.7. The van der Waals surface area contributed by atoms with Gasteiger partial charge in [-0.05, 0) is 106 Å². The third-order valence-electron chi connectivity index (χ3n) is 7.23. The zero-order valence-corrected chi connectivity index (χ0v) is 26.1. The van der Waals surface area contributed by atoms with Crippen LogP contribution in [0.3, 0.4) is 0 Å². The van der Waals surface area contributed by atoms with Crippen molar-refractivity contribution in [3.05, 3.63) is 84.4 Å². The number of anilines is 3. The Morgan fingerprint density at radius 3 is 2.36 bits per heavy atom. The van der Waals surface area contributed by atoms with Crippen LogP contribution in [0.1, 0.15) is 18.4 Å². The first-order chi connectivity index (χ1) is 21.6. The van der Waals surface area contributed by atoms with E-state index < -0.39 is 20.7 Å². The van der Waals surface area contributed by atoms with Gasteiger partial charge in [0.15, 0.2) is 11.5 Å². The van der Waals surface area contributed by atoms with Crippen LogP contribution in [-0.4, -0.2) is 68.7 Å². The molecule has 1 aromatic heterocycles. The van der Waals surface area contributed by atoms with Crippen LogP contribution in [0, 0.1) is 18.7 Å². The number of nitrogens with one attached hydrogen (secondary N) is 2. The van der Waals surface area contributed by atoms with Crippen molar-refractivity contribution in [3.8, 4) is 22.8 Å².